The molecule has 2 aliphatic rings. The maximum Gasteiger partial charge on any atom is 0.124 e. The SMILES string of the molecule is CC1(C)C2CCC1(C)C(Nc1ccc(F)cc1Cl)C2. The molecule has 3 atom stereocenters. The van der Waals surface area contributed by atoms with E-state index in [4.69, 9.17) is 11.6 Å². The number of halogens is 2. The third-order valence-electron chi connectivity index (χ3n) is 6.05. The average Bonchev–Trinajstić information content (AvgIpc) is 2.65. The van der Waals surface area contributed by atoms with Crippen LogP contribution in [-0.4, -0.2) is 6.04 Å². The molecule has 1 aromatic rings. The van der Waals surface area contributed by atoms with E-state index in [-0.39, 0.29) is 5.82 Å². The number of nitrogens with one attached hydrogen (secondary N) is 1. The molecule has 0 heterocycles. The predicted molar refractivity (Wildman–Crippen MR) is 78.0 cm³/mol. The first-order valence-electron chi connectivity index (χ1n) is 7.06. The maximum absolute atomic E-state index is 13.1. The highest BCUT2D eigenvalue weighted by atomic mass is 35.5. The summed E-state index contributed by atoms with van der Waals surface area (Å²) in [6.45, 7) is 7.16. The number of anilines is 1. The van der Waals surface area contributed by atoms with Crippen molar-refractivity contribution in [3.8, 4) is 0 Å². The standard InChI is InChI=1S/C16H21ClFN/c1-15(2)10-6-7-16(15,3)14(8-10)19-13-5-4-11(18)9-12(13)17/h4-5,9-10,14,19H,6-8H2,1-3H3. The van der Waals surface area contributed by atoms with E-state index in [0.29, 0.717) is 21.9 Å². The summed E-state index contributed by atoms with van der Waals surface area (Å²) in [7, 11) is 0. The van der Waals surface area contributed by atoms with E-state index in [9.17, 15) is 4.39 Å². The molecule has 2 aliphatic carbocycles. The van der Waals surface area contributed by atoms with Gasteiger partial charge in [0, 0.05) is 6.04 Å². The number of fused-ring (bicyclic) bond motifs is 2. The van der Waals surface area contributed by atoms with E-state index >= 15 is 0 Å². The van der Waals surface area contributed by atoms with Crippen LogP contribution in [0.5, 0.6) is 0 Å². The molecular formula is C16H21ClFN. The summed E-state index contributed by atoms with van der Waals surface area (Å²) in [4.78, 5) is 0. The lowest BCUT2D eigenvalue weighted by Crippen LogP contribution is -2.40. The number of hydrogen-bond donors (Lipinski definition) is 1. The minimum atomic E-state index is -0.282. The quantitative estimate of drug-likeness (QED) is 0.795. The summed E-state index contributed by atoms with van der Waals surface area (Å²) in [6.07, 6.45) is 3.79. The molecule has 1 N–H and O–H groups in total. The Morgan fingerprint density at radius 3 is 2.58 bits per heavy atom. The largest absolute Gasteiger partial charge is 0.381 e. The van der Waals surface area contributed by atoms with Crippen molar-refractivity contribution in [1.29, 1.82) is 0 Å². The van der Waals surface area contributed by atoms with Crippen LogP contribution in [-0.2, 0) is 0 Å². The van der Waals surface area contributed by atoms with Crippen LogP contribution in [0.4, 0.5) is 10.1 Å². The third-order valence-corrected chi connectivity index (χ3v) is 6.37. The molecule has 0 spiro atoms. The van der Waals surface area contributed by atoms with Crippen molar-refractivity contribution >= 4 is 17.3 Å². The van der Waals surface area contributed by atoms with Gasteiger partial charge in [-0.3, -0.25) is 0 Å². The van der Waals surface area contributed by atoms with Crippen LogP contribution in [0.15, 0.2) is 18.2 Å². The van der Waals surface area contributed by atoms with Crippen LogP contribution in [0, 0.1) is 22.6 Å². The molecule has 2 bridgehead atoms. The van der Waals surface area contributed by atoms with Gasteiger partial charge in [-0.2, -0.15) is 0 Å². The van der Waals surface area contributed by atoms with Crippen LogP contribution in [0.3, 0.4) is 0 Å². The first kappa shape index (κ1) is 13.2. The molecule has 19 heavy (non-hydrogen) atoms. The Hall–Kier alpha value is -0.760. The zero-order valence-corrected chi connectivity index (χ0v) is 12.5. The van der Waals surface area contributed by atoms with E-state index in [1.54, 1.807) is 6.07 Å². The topological polar surface area (TPSA) is 12.0 Å². The highest BCUT2D eigenvalue weighted by Crippen LogP contribution is 2.65. The second-order valence-corrected chi connectivity index (χ2v) is 7.34. The van der Waals surface area contributed by atoms with Gasteiger partial charge < -0.3 is 5.32 Å². The summed E-state index contributed by atoms with van der Waals surface area (Å²) >= 11 is 6.12. The molecule has 3 rings (SSSR count). The average molecular weight is 282 g/mol. The molecule has 0 saturated heterocycles. The van der Waals surface area contributed by atoms with Crippen LogP contribution < -0.4 is 5.32 Å². The highest BCUT2D eigenvalue weighted by molar-refractivity contribution is 6.33. The summed E-state index contributed by atoms with van der Waals surface area (Å²) in [5.41, 5.74) is 1.53. The minimum absolute atomic E-state index is 0.282. The molecule has 3 heteroatoms. The molecule has 0 aromatic heterocycles. The Morgan fingerprint density at radius 2 is 2.05 bits per heavy atom. The van der Waals surface area contributed by atoms with Gasteiger partial charge in [0.1, 0.15) is 5.82 Å². The molecule has 2 fully saturated rings. The fourth-order valence-electron chi connectivity index (χ4n) is 4.22. The van der Waals surface area contributed by atoms with Gasteiger partial charge in [-0.25, -0.2) is 4.39 Å². The Labute approximate surface area is 119 Å². The Balaban J connectivity index is 1.86. The van der Waals surface area contributed by atoms with Gasteiger partial charge in [0.05, 0.1) is 10.7 Å². The van der Waals surface area contributed by atoms with Crippen LogP contribution in [0.1, 0.15) is 40.0 Å². The van der Waals surface area contributed by atoms with Crippen molar-refractivity contribution in [3.63, 3.8) is 0 Å². The fourth-order valence-corrected chi connectivity index (χ4v) is 4.44. The zero-order chi connectivity index (χ0) is 13.8. The van der Waals surface area contributed by atoms with Gasteiger partial charge >= 0.3 is 0 Å². The van der Waals surface area contributed by atoms with Crippen molar-refractivity contribution in [3.05, 3.63) is 29.0 Å². The molecule has 104 valence electrons. The summed E-state index contributed by atoms with van der Waals surface area (Å²) in [5, 5.41) is 4.04. The van der Waals surface area contributed by atoms with Crippen molar-refractivity contribution in [2.24, 2.45) is 16.7 Å². The maximum atomic E-state index is 13.1. The highest BCUT2D eigenvalue weighted by Gasteiger charge is 2.61. The van der Waals surface area contributed by atoms with Crippen LogP contribution in [0.25, 0.3) is 0 Å². The Kier molecular flexibility index (Phi) is 2.87. The molecule has 1 nitrogen and oxygen atoms in total. The van der Waals surface area contributed by atoms with Crippen LogP contribution >= 0.6 is 11.6 Å². The van der Waals surface area contributed by atoms with E-state index in [0.717, 1.165) is 11.6 Å². The fraction of sp³-hybridized carbons (Fsp3) is 0.625. The van der Waals surface area contributed by atoms with Crippen molar-refractivity contribution in [1.82, 2.24) is 0 Å². The zero-order valence-electron chi connectivity index (χ0n) is 11.8. The number of benzene rings is 1. The summed E-state index contributed by atoms with van der Waals surface area (Å²) in [5.74, 6) is 0.504. The van der Waals surface area contributed by atoms with Crippen molar-refractivity contribution in [2.45, 2.75) is 46.1 Å². The molecule has 0 radical (unpaired) electrons. The smallest absolute Gasteiger partial charge is 0.124 e. The van der Waals surface area contributed by atoms with E-state index in [1.165, 1.54) is 31.4 Å². The van der Waals surface area contributed by atoms with Gasteiger partial charge in [0.25, 0.3) is 0 Å². The van der Waals surface area contributed by atoms with E-state index in [2.05, 4.69) is 26.1 Å². The molecule has 2 saturated carbocycles. The molecule has 0 amide bonds. The Bertz CT molecular complexity index is 513. The lowest BCUT2D eigenvalue weighted by molar-refractivity contribution is 0.142. The molecular weight excluding hydrogens is 261 g/mol. The van der Waals surface area contributed by atoms with Crippen molar-refractivity contribution < 1.29 is 4.39 Å². The molecule has 0 aliphatic heterocycles. The third kappa shape index (κ3) is 1.79. The normalized spacial score (nSPS) is 35.6. The second kappa shape index (κ2) is 4.12. The lowest BCUT2D eigenvalue weighted by Gasteiger charge is -2.40. The van der Waals surface area contributed by atoms with Gasteiger partial charge in [-0.15, -0.1) is 0 Å². The second-order valence-electron chi connectivity index (χ2n) is 6.93. The first-order valence-corrected chi connectivity index (χ1v) is 7.44. The van der Waals surface area contributed by atoms with Gasteiger partial charge in [0.15, 0.2) is 0 Å². The predicted octanol–water partition coefficient (Wildman–Crippen LogP) is 5.11. The summed E-state index contributed by atoms with van der Waals surface area (Å²) < 4.78 is 13.1. The van der Waals surface area contributed by atoms with E-state index < -0.39 is 0 Å². The minimum Gasteiger partial charge on any atom is -0.381 e. The van der Waals surface area contributed by atoms with Gasteiger partial charge in [0.2, 0.25) is 0 Å². The van der Waals surface area contributed by atoms with E-state index in [1.807, 2.05) is 0 Å². The number of rotatable bonds is 2. The monoisotopic (exact) mass is 281 g/mol. The lowest BCUT2D eigenvalue weighted by atomic mass is 9.69. The van der Waals surface area contributed by atoms with Crippen LogP contribution in [0.2, 0.25) is 5.02 Å². The summed E-state index contributed by atoms with van der Waals surface area (Å²) in [6, 6.07) is 5.03. The van der Waals surface area contributed by atoms with Gasteiger partial charge in [-0.05, 0) is 54.2 Å². The Morgan fingerprint density at radius 1 is 1.32 bits per heavy atom. The van der Waals surface area contributed by atoms with Gasteiger partial charge in [-0.1, -0.05) is 32.4 Å². The molecule has 1 aromatic carbocycles. The number of hydrogen-bond acceptors (Lipinski definition) is 1. The molecule has 3 unspecified atom stereocenters. The van der Waals surface area contributed by atoms with Crippen molar-refractivity contribution in [2.75, 3.05) is 5.32 Å². The first-order chi connectivity index (χ1) is 8.84.